The van der Waals surface area contributed by atoms with Crippen LogP contribution in [0.3, 0.4) is 0 Å². The lowest BCUT2D eigenvalue weighted by Gasteiger charge is -2.17. The van der Waals surface area contributed by atoms with Crippen molar-refractivity contribution in [3.05, 3.63) is 29.8 Å². The Hall–Kier alpha value is -2.04. The Morgan fingerprint density at radius 3 is 2.43 bits per heavy atom. The molecular weight excluding hydrogens is 270 g/mol. The molecule has 1 aromatic rings. The molecule has 1 aromatic carbocycles. The van der Waals surface area contributed by atoms with E-state index in [0.717, 1.165) is 5.56 Å². The predicted octanol–water partition coefficient (Wildman–Crippen LogP) is 2.23. The highest BCUT2D eigenvalue weighted by atomic mass is 16.5. The average molecular weight is 291 g/mol. The predicted molar refractivity (Wildman–Crippen MR) is 77.9 cm³/mol. The van der Waals surface area contributed by atoms with Crippen molar-refractivity contribution < 1.29 is 19.4 Å². The lowest BCUT2D eigenvalue weighted by Crippen LogP contribution is -2.30. The second-order valence-corrected chi connectivity index (χ2v) is 6.09. The van der Waals surface area contributed by atoms with Crippen molar-refractivity contribution in [3.63, 3.8) is 0 Å². The van der Waals surface area contributed by atoms with Gasteiger partial charge in [-0.15, -0.1) is 0 Å². The van der Waals surface area contributed by atoms with Crippen LogP contribution in [0.5, 0.6) is 5.75 Å². The lowest BCUT2D eigenvalue weighted by molar-refractivity contribution is -0.140. The Kier molecular flexibility index (Phi) is 3.94. The van der Waals surface area contributed by atoms with Gasteiger partial charge in [0.25, 0.3) is 0 Å². The molecule has 2 rings (SSSR count). The molecule has 114 valence electrons. The minimum absolute atomic E-state index is 0.217. The van der Waals surface area contributed by atoms with Crippen molar-refractivity contribution in [2.45, 2.75) is 26.8 Å². The summed E-state index contributed by atoms with van der Waals surface area (Å²) in [5.41, 5.74) is 0.384. The quantitative estimate of drug-likeness (QED) is 0.872. The summed E-state index contributed by atoms with van der Waals surface area (Å²) in [4.78, 5) is 23.5. The van der Waals surface area contributed by atoms with Crippen molar-refractivity contribution in [2.24, 2.45) is 17.3 Å². The van der Waals surface area contributed by atoms with E-state index in [-0.39, 0.29) is 11.9 Å². The van der Waals surface area contributed by atoms with E-state index >= 15 is 0 Å². The molecule has 3 atom stereocenters. The highest BCUT2D eigenvalue weighted by Crippen LogP contribution is 2.58. The maximum atomic E-state index is 12.3. The molecule has 0 bridgehead atoms. The molecule has 1 aliphatic carbocycles. The van der Waals surface area contributed by atoms with Crippen LogP contribution in [-0.4, -0.2) is 24.1 Å². The summed E-state index contributed by atoms with van der Waals surface area (Å²) < 4.78 is 5.28. The Labute approximate surface area is 124 Å². The Balaban J connectivity index is 2.09. The molecule has 5 heteroatoms. The third kappa shape index (κ3) is 2.73. The number of aliphatic carboxylic acids is 1. The maximum Gasteiger partial charge on any atom is 0.307 e. The summed E-state index contributed by atoms with van der Waals surface area (Å²) in [6.07, 6.45) is 0. The van der Waals surface area contributed by atoms with E-state index in [0.29, 0.717) is 5.75 Å². The Bertz CT molecular complexity index is 567. The number of methoxy groups -OCH3 is 1. The number of hydrogen-bond acceptors (Lipinski definition) is 3. The molecule has 0 spiro atoms. The molecule has 1 saturated carbocycles. The van der Waals surface area contributed by atoms with Gasteiger partial charge >= 0.3 is 5.97 Å². The van der Waals surface area contributed by atoms with E-state index in [2.05, 4.69) is 5.32 Å². The van der Waals surface area contributed by atoms with Gasteiger partial charge in [0.15, 0.2) is 0 Å². The zero-order chi connectivity index (χ0) is 15.8. The summed E-state index contributed by atoms with van der Waals surface area (Å²) in [6.45, 7) is 5.48. The molecule has 1 amide bonds. The number of carbonyl (C=O) groups excluding carboxylic acids is 1. The molecule has 1 aliphatic rings. The zero-order valence-electron chi connectivity index (χ0n) is 12.7. The van der Waals surface area contributed by atoms with Crippen LogP contribution < -0.4 is 10.1 Å². The van der Waals surface area contributed by atoms with Crippen LogP contribution in [0.1, 0.15) is 32.4 Å². The summed E-state index contributed by atoms with van der Waals surface area (Å²) in [6, 6.07) is 7.22. The number of ether oxygens (including phenoxy) is 1. The van der Waals surface area contributed by atoms with Gasteiger partial charge in [0.2, 0.25) is 5.91 Å². The number of nitrogens with one attached hydrogen (secondary N) is 1. The van der Waals surface area contributed by atoms with Gasteiger partial charge < -0.3 is 15.2 Å². The Morgan fingerprint density at radius 2 is 1.90 bits per heavy atom. The first-order valence-corrected chi connectivity index (χ1v) is 6.96. The standard InChI is InChI=1S/C16H21NO4/c1-9(10-7-5-6-8-11(10)21-4)17-14(18)12-13(15(19)20)16(12,2)3/h5-9,12-13H,1-4H3,(H,17,18)(H,19,20)/t9-,12?,13?/m1/s1. The number of rotatable bonds is 5. The number of carboxylic acids is 1. The maximum absolute atomic E-state index is 12.3. The average Bonchev–Trinajstić information content (AvgIpc) is 3.01. The molecular formula is C16H21NO4. The van der Waals surface area contributed by atoms with Crippen molar-refractivity contribution in [3.8, 4) is 5.75 Å². The van der Waals surface area contributed by atoms with E-state index in [1.807, 2.05) is 45.0 Å². The van der Waals surface area contributed by atoms with E-state index in [1.165, 1.54) is 0 Å². The van der Waals surface area contributed by atoms with Crippen molar-refractivity contribution >= 4 is 11.9 Å². The third-order valence-corrected chi connectivity index (χ3v) is 4.34. The number of hydrogen-bond donors (Lipinski definition) is 2. The van der Waals surface area contributed by atoms with Crippen LogP contribution in [0.25, 0.3) is 0 Å². The van der Waals surface area contributed by atoms with Gasteiger partial charge in [-0.1, -0.05) is 32.0 Å². The van der Waals surface area contributed by atoms with E-state index in [9.17, 15) is 9.59 Å². The van der Waals surface area contributed by atoms with E-state index in [4.69, 9.17) is 9.84 Å². The smallest absolute Gasteiger partial charge is 0.307 e. The highest BCUT2D eigenvalue weighted by molar-refractivity contribution is 5.91. The van der Waals surface area contributed by atoms with Gasteiger partial charge in [-0.25, -0.2) is 0 Å². The lowest BCUT2D eigenvalue weighted by atomic mass is 10.1. The topological polar surface area (TPSA) is 75.6 Å². The van der Waals surface area contributed by atoms with Gasteiger partial charge in [-0.3, -0.25) is 9.59 Å². The molecule has 2 N–H and O–H groups in total. The van der Waals surface area contributed by atoms with E-state index in [1.54, 1.807) is 7.11 Å². The number of carbonyl (C=O) groups is 2. The van der Waals surface area contributed by atoms with Crippen LogP contribution in [0.15, 0.2) is 24.3 Å². The monoisotopic (exact) mass is 291 g/mol. The fraction of sp³-hybridized carbons (Fsp3) is 0.500. The van der Waals surface area contributed by atoms with Gasteiger partial charge in [0.1, 0.15) is 5.75 Å². The summed E-state index contributed by atoms with van der Waals surface area (Å²) >= 11 is 0. The highest BCUT2D eigenvalue weighted by Gasteiger charge is 2.65. The Morgan fingerprint density at radius 1 is 1.29 bits per heavy atom. The molecule has 0 aliphatic heterocycles. The molecule has 5 nitrogen and oxygen atoms in total. The van der Waals surface area contributed by atoms with Crippen LogP contribution in [0.2, 0.25) is 0 Å². The summed E-state index contributed by atoms with van der Waals surface area (Å²) in [5, 5.41) is 12.0. The molecule has 0 saturated heterocycles. The molecule has 0 heterocycles. The molecule has 0 aromatic heterocycles. The van der Waals surface area contributed by atoms with Crippen LogP contribution >= 0.6 is 0 Å². The van der Waals surface area contributed by atoms with Crippen molar-refractivity contribution in [1.82, 2.24) is 5.32 Å². The summed E-state index contributed by atoms with van der Waals surface area (Å²) in [7, 11) is 1.58. The van der Waals surface area contributed by atoms with Crippen LogP contribution in [-0.2, 0) is 9.59 Å². The van der Waals surface area contributed by atoms with Gasteiger partial charge in [-0.05, 0) is 18.4 Å². The molecule has 0 radical (unpaired) electrons. The number of benzene rings is 1. The minimum Gasteiger partial charge on any atom is -0.496 e. The fourth-order valence-corrected chi connectivity index (χ4v) is 2.99. The fourth-order valence-electron chi connectivity index (χ4n) is 2.99. The second-order valence-electron chi connectivity index (χ2n) is 6.09. The second kappa shape index (κ2) is 5.39. The first-order valence-electron chi connectivity index (χ1n) is 6.96. The summed E-state index contributed by atoms with van der Waals surface area (Å²) in [5.74, 6) is -1.51. The van der Waals surface area contributed by atoms with Crippen molar-refractivity contribution in [2.75, 3.05) is 7.11 Å². The third-order valence-electron chi connectivity index (χ3n) is 4.34. The number of para-hydroxylation sites is 1. The number of amides is 1. The number of carboxylic acid groups (broad SMARTS) is 1. The van der Waals surface area contributed by atoms with Gasteiger partial charge in [0.05, 0.1) is 25.0 Å². The normalized spacial score (nSPS) is 24.0. The van der Waals surface area contributed by atoms with Gasteiger partial charge in [0, 0.05) is 5.56 Å². The van der Waals surface area contributed by atoms with Gasteiger partial charge in [-0.2, -0.15) is 0 Å². The molecule has 2 unspecified atom stereocenters. The van der Waals surface area contributed by atoms with E-state index < -0.39 is 23.2 Å². The zero-order valence-corrected chi connectivity index (χ0v) is 12.7. The first kappa shape index (κ1) is 15.4. The SMILES string of the molecule is COc1ccccc1[C@@H](C)NC(=O)C1C(C(=O)O)C1(C)C. The first-order chi connectivity index (χ1) is 9.80. The largest absolute Gasteiger partial charge is 0.496 e. The minimum atomic E-state index is -0.912. The molecule has 1 fully saturated rings. The molecule has 21 heavy (non-hydrogen) atoms. The van der Waals surface area contributed by atoms with Crippen molar-refractivity contribution in [1.29, 1.82) is 0 Å². The van der Waals surface area contributed by atoms with Crippen LogP contribution in [0.4, 0.5) is 0 Å². The van der Waals surface area contributed by atoms with Crippen LogP contribution in [0, 0.1) is 17.3 Å².